The Bertz CT molecular complexity index is 1050. The fraction of sp³-hybridized carbons (Fsp3) is 0.881. The molecule has 0 rings (SSSR count). The number of esters is 3. The van der Waals surface area contributed by atoms with Crippen molar-refractivity contribution in [3.8, 4) is 0 Å². The minimum atomic E-state index is -0.773. The Labute approximate surface area is 404 Å². The molecule has 0 aliphatic carbocycles. The number of allylic oxidation sites excluding steroid dienone is 4. The molecular weight excluding hydrogens is 805 g/mol. The van der Waals surface area contributed by atoms with Crippen molar-refractivity contribution in [3.63, 3.8) is 0 Å². The van der Waals surface area contributed by atoms with Crippen LogP contribution in [0.3, 0.4) is 0 Å². The van der Waals surface area contributed by atoms with Crippen molar-refractivity contribution in [2.24, 2.45) is 0 Å². The number of carbonyl (C=O) groups is 3. The van der Waals surface area contributed by atoms with E-state index in [0.717, 1.165) is 83.5 Å². The molecule has 1 atom stereocenters. The van der Waals surface area contributed by atoms with Crippen molar-refractivity contribution in [1.82, 2.24) is 0 Å². The second kappa shape index (κ2) is 54.5. The Morgan fingerprint density at radius 1 is 0.308 bits per heavy atom. The number of rotatable bonds is 53. The summed E-state index contributed by atoms with van der Waals surface area (Å²) in [5.74, 6) is -0.867. The summed E-state index contributed by atoms with van der Waals surface area (Å²) in [7, 11) is 0. The maximum atomic E-state index is 12.8. The Morgan fingerprint density at radius 3 is 0.892 bits per heavy atom. The Kier molecular flexibility index (Phi) is 52.7. The molecule has 0 aromatic rings. The third kappa shape index (κ3) is 52.7. The SMILES string of the molecule is CCCC/C=C\C/C=C\CCCCCCCC(=O)OC(COC(=O)CCCCCCCCCCCCC)COC(=O)CCCCCCCCCCCCCCCCCCCCCCCC. The van der Waals surface area contributed by atoms with Crippen molar-refractivity contribution >= 4 is 17.9 Å². The summed E-state index contributed by atoms with van der Waals surface area (Å²) >= 11 is 0. The average Bonchev–Trinajstić information content (AvgIpc) is 3.30. The van der Waals surface area contributed by atoms with Crippen LogP contribution in [0.2, 0.25) is 0 Å². The molecule has 1 unspecified atom stereocenters. The highest BCUT2D eigenvalue weighted by atomic mass is 16.6. The van der Waals surface area contributed by atoms with Crippen LogP contribution in [0.4, 0.5) is 0 Å². The van der Waals surface area contributed by atoms with Gasteiger partial charge in [0.2, 0.25) is 0 Å². The molecule has 0 aliphatic rings. The highest BCUT2D eigenvalue weighted by Gasteiger charge is 2.19. The van der Waals surface area contributed by atoms with Gasteiger partial charge in [0.25, 0.3) is 0 Å². The monoisotopic (exact) mass is 915 g/mol. The Morgan fingerprint density at radius 2 is 0.569 bits per heavy atom. The van der Waals surface area contributed by atoms with Crippen LogP contribution in [0, 0.1) is 0 Å². The standard InChI is InChI=1S/C59H110O6/c1-4-7-10-13-16-19-22-24-26-27-28-29-30-31-32-33-35-37-40-43-46-49-52-58(61)64-55-56(54-63-57(60)51-48-45-42-39-36-21-18-15-12-9-6-3)65-59(62)53-50-47-44-41-38-34-25-23-20-17-14-11-8-5-2/h14,17,23,25,56H,4-13,15-16,18-22,24,26-55H2,1-3H3/b17-14-,25-23-. The lowest BCUT2D eigenvalue weighted by molar-refractivity contribution is -0.167. The summed E-state index contributed by atoms with van der Waals surface area (Å²) in [6.07, 6.45) is 63.2. The molecule has 0 aromatic carbocycles. The van der Waals surface area contributed by atoms with Crippen LogP contribution >= 0.6 is 0 Å². The van der Waals surface area contributed by atoms with Crippen molar-refractivity contribution in [1.29, 1.82) is 0 Å². The molecule has 0 N–H and O–H groups in total. The second-order valence-electron chi connectivity index (χ2n) is 19.6. The summed E-state index contributed by atoms with van der Waals surface area (Å²) in [6, 6.07) is 0. The first-order valence-electron chi connectivity index (χ1n) is 28.8. The highest BCUT2D eigenvalue weighted by Crippen LogP contribution is 2.17. The third-order valence-electron chi connectivity index (χ3n) is 13.0. The van der Waals surface area contributed by atoms with Crippen molar-refractivity contribution in [3.05, 3.63) is 24.3 Å². The first-order valence-corrected chi connectivity index (χ1v) is 28.8. The molecular formula is C59H110O6. The van der Waals surface area contributed by atoms with Gasteiger partial charge in [-0.2, -0.15) is 0 Å². The van der Waals surface area contributed by atoms with E-state index in [2.05, 4.69) is 45.1 Å². The highest BCUT2D eigenvalue weighted by molar-refractivity contribution is 5.71. The smallest absolute Gasteiger partial charge is 0.306 e. The van der Waals surface area contributed by atoms with Gasteiger partial charge in [-0.15, -0.1) is 0 Å². The van der Waals surface area contributed by atoms with E-state index < -0.39 is 6.10 Å². The molecule has 0 saturated carbocycles. The molecule has 6 nitrogen and oxygen atoms in total. The molecule has 0 radical (unpaired) electrons. The fourth-order valence-corrected chi connectivity index (χ4v) is 8.58. The lowest BCUT2D eigenvalue weighted by Crippen LogP contribution is -2.30. The fourth-order valence-electron chi connectivity index (χ4n) is 8.58. The van der Waals surface area contributed by atoms with E-state index in [1.165, 1.54) is 193 Å². The minimum absolute atomic E-state index is 0.0718. The van der Waals surface area contributed by atoms with E-state index in [4.69, 9.17) is 14.2 Å². The van der Waals surface area contributed by atoms with Gasteiger partial charge in [0, 0.05) is 19.3 Å². The molecule has 65 heavy (non-hydrogen) atoms. The predicted octanol–water partition coefficient (Wildman–Crippen LogP) is 19.1. The van der Waals surface area contributed by atoms with Crippen LogP contribution in [-0.2, 0) is 28.6 Å². The zero-order valence-electron chi connectivity index (χ0n) is 43.8. The minimum Gasteiger partial charge on any atom is -0.462 e. The van der Waals surface area contributed by atoms with E-state index in [0.29, 0.717) is 19.3 Å². The Hall–Kier alpha value is -2.11. The molecule has 0 aromatic heterocycles. The topological polar surface area (TPSA) is 78.9 Å². The first kappa shape index (κ1) is 62.9. The quantitative estimate of drug-likeness (QED) is 0.0262. The van der Waals surface area contributed by atoms with Crippen LogP contribution in [0.1, 0.15) is 316 Å². The third-order valence-corrected chi connectivity index (χ3v) is 13.0. The van der Waals surface area contributed by atoms with Crippen LogP contribution in [0.15, 0.2) is 24.3 Å². The lowest BCUT2D eigenvalue weighted by Gasteiger charge is -2.18. The normalized spacial score (nSPS) is 12.1. The average molecular weight is 916 g/mol. The van der Waals surface area contributed by atoms with Crippen molar-refractivity contribution < 1.29 is 28.6 Å². The molecule has 6 heteroatoms. The second-order valence-corrected chi connectivity index (χ2v) is 19.6. The van der Waals surface area contributed by atoms with Gasteiger partial charge in [-0.3, -0.25) is 14.4 Å². The molecule has 0 amide bonds. The summed E-state index contributed by atoms with van der Waals surface area (Å²) in [5.41, 5.74) is 0. The van der Waals surface area contributed by atoms with E-state index in [9.17, 15) is 14.4 Å². The summed E-state index contributed by atoms with van der Waals surface area (Å²) in [6.45, 7) is 6.63. The molecule has 0 aliphatic heterocycles. The van der Waals surface area contributed by atoms with Gasteiger partial charge < -0.3 is 14.2 Å². The van der Waals surface area contributed by atoms with E-state index in [-0.39, 0.29) is 31.1 Å². The zero-order chi connectivity index (χ0) is 47.2. The summed E-state index contributed by atoms with van der Waals surface area (Å²) in [5, 5.41) is 0. The van der Waals surface area contributed by atoms with Gasteiger partial charge in [0.1, 0.15) is 13.2 Å². The number of carbonyl (C=O) groups excluding carboxylic acids is 3. The van der Waals surface area contributed by atoms with Gasteiger partial charge >= 0.3 is 17.9 Å². The lowest BCUT2D eigenvalue weighted by atomic mass is 10.0. The van der Waals surface area contributed by atoms with Crippen LogP contribution < -0.4 is 0 Å². The maximum absolute atomic E-state index is 12.8. The first-order chi connectivity index (χ1) is 32.0. The molecule has 0 spiro atoms. The number of unbranched alkanes of at least 4 members (excludes halogenated alkanes) is 38. The largest absolute Gasteiger partial charge is 0.462 e. The molecule has 0 heterocycles. The molecule has 0 bridgehead atoms. The van der Waals surface area contributed by atoms with Gasteiger partial charge in [0.15, 0.2) is 6.10 Å². The van der Waals surface area contributed by atoms with Crippen molar-refractivity contribution in [2.75, 3.05) is 13.2 Å². The molecule has 382 valence electrons. The van der Waals surface area contributed by atoms with Gasteiger partial charge in [-0.05, 0) is 44.9 Å². The number of hydrogen-bond acceptors (Lipinski definition) is 6. The van der Waals surface area contributed by atoms with Crippen LogP contribution in [0.25, 0.3) is 0 Å². The van der Waals surface area contributed by atoms with E-state index in [1.807, 2.05) is 0 Å². The number of hydrogen-bond donors (Lipinski definition) is 0. The van der Waals surface area contributed by atoms with E-state index in [1.54, 1.807) is 0 Å². The predicted molar refractivity (Wildman–Crippen MR) is 279 cm³/mol. The summed E-state index contributed by atoms with van der Waals surface area (Å²) < 4.78 is 16.8. The van der Waals surface area contributed by atoms with Crippen LogP contribution in [0.5, 0.6) is 0 Å². The van der Waals surface area contributed by atoms with E-state index >= 15 is 0 Å². The van der Waals surface area contributed by atoms with Gasteiger partial charge in [-0.1, -0.05) is 276 Å². The van der Waals surface area contributed by atoms with Crippen molar-refractivity contribution in [2.45, 2.75) is 322 Å². The summed E-state index contributed by atoms with van der Waals surface area (Å²) in [4.78, 5) is 38.0. The van der Waals surface area contributed by atoms with Gasteiger partial charge in [0.05, 0.1) is 0 Å². The Balaban J connectivity index is 4.23. The molecule has 0 saturated heterocycles. The van der Waals surface area contributed by atoms with Gasteiger partial charge in [-0.25, -0.2) is 0 Å². The maximum Gasteiger partial charge on any atom is 0.306 e. The molecule has 0 fully saturated rings. The zero-order valence-corrected chi connectivity index (χ0v) is 43.8. The van der Waals surface area contributed by atoms with Crippen LogP contribution in [-0.4, -0.2) is 37.2 Å². The number of ether oxygens (including phenoxy) is 3.